The van der Waals surface area contributed by atoms with E-state index in [0.29, 0.717) is 18.0 Å². The van der Waals surface area contributed by atoms with Crippen molar-refractivity contribution in [2.24, 2.45) is 5.73 Å². The highest BCUT2D eigenvalue weighted by Crippen LogP contribution is 2.37. The summed E-state index contributed by atoms with van der Waals surface area (Å²) in [5, 5.41) is 10.4. The van der Waals surface area contributed by atoms with E-state index in [1.165, 1.54) is 34.4 Å². The molecule has 3 N–H and O–H groups in total. The third kappa shape index (κ3) is 5.52. The van der Waals surface area contributed by atoms with Gasteiger partial charge in [-0.25, -0.2) is 0 Å². The van der Waals surface area contributed by atoms with Gasteiger partial charge in [0.1, 0.15) is 17.2 Å². The molecule has 0 aliphatic carbocycles. The maximum atomic E-state index is 11.6. The molecular formula is C33H35N3O3. The number of aromatic nitrogens is 1. The molecule has 39 heavy (non-hydrogen) atoms. The zero-order chi connectivity index (χ0) is 27.5. The van der Waals surface area contributed by atoms with Gasteiger partial charge in [0.15, 0.2) is 0 Å². The van der Waals surface area contributed by atoms with Gasteiger partial charge in [-0.3, -0.25) is 14.7 Å². The fourth-order valence-electron chi connectivity index (χ4n) is 5.48. The first-order valence-electron chi connectivity index (χ1n) is 13.6. The first kappa shape index (κ1) is 26.4. The number of ether oxygens (including phenoxy) is 1. The second kappa shape index (κ2) is 11.3. The molecule has 6 heteroatoms. The molecule has 6 nitrogen and oxygen atoms in total. The summed E-state index contributed by atoms with van der Waals surface area (Å²) < 4.78 is 6.45. The van der Waals surface area contributed by atoms with Gasteiger partial charge in [0, 0.05) is 48.6 Å². The maximum Gasteiger partial charge on any atom is 0.252 e. The lowest BCUT2D eigenvalue weighted by molar-refractivity contribution is 0.0997. The zero-order valence-electron chi connectivity index (χ0n) is 22.8. The number of pyridine rings is 1. The van der Waals surface area contributed by atoms with E-state index in [9.17, 15) is 9.90 Å². The molecule has 0 spiro atoms. The van der Waals surface area contributed by atoms with Gasteiger partial charge in [-0.05, 0) is 60.6 Å². The lowest BCUT2D eigenvalue weighted by atomic mass is 9.94. The first-order valence-corrected chi connectivity index (χ1v) is 13.6. The topological polar surface area (TPSA) is 88.7 Å². The quantitative estimate of drug-likeness (QED) is 0.283. The molecule has 1 amide bonds. The van der Waals surface area contributed by atoms with Crippen LogP contribution in [0.5, 0.6) is 17.2 Å². The number of aromatic hydroxyl groups is 1. The Morgan fingerprint density at radius 2 is 1.72 bits per heavy atom. The molecular weight excluding hydrogens is 486 g/mol. The van der Waals surface area contributed by atoms with E-state index in [0.717, 1.165) is 54.9 Å². The van der Waals surface area contributed by atoms with Crippen molar-refractivity contribution in [3.63, 3.8) is 0 Å². The van der Waals surface area contributed by atoms with Crippen molar-refractivity contribution in [3.05, 3.63) is 106 Å². The number of hydrogen-bond acceptors (Lipinski definition) is 5. The van der Waals surface area contributed by atoms with Crippen LogP contribution >= 0.6 is 0 Å². The molecule has 4 aromatic rings. The number of carbonyl (C=O) groups excluding carboxylic acids is 1. The average Bonchev–Trinajstić information content (AvgIpc) is 2.94. The smallest absolute Gasteiger partial charge is 0.252 e. The van der Waals surface area contributed by atoms with Gasteiger partial charge in [-0.2, -0.15) is 0 Å². The van der Waals surface area contributed by atoms with Gasteiger partial charge in [-0.15, -0.1) is 0 Å². The SMILES string of the molecule is CCc1cccc(CC)c1-c1cc(Oc2ccc(C(N)=O)c(O)c2)c(CN2CCc3ccccc3C2)c(C)n1. The summed E-state index contributed by atoms with van der Waals surface area (Å²) in [5.41, 5.74) is 14.6. The number of phenols is 1. The molecule has 200 valence electrons. The minimum absolute atomic E-state index is 0.0608. The lowest BCUT2D eigenvalue weighted by Crippen LogP contribution is -2.30. The third-order valence-electron chi connectivity index (χ3n) is 7.60. The van der Waals surface area contributed by atoms with Crippen molar-refractivity contribution < 1.29 is 14.6 Å². The maximum absolute atomic E-state index is 11.6. The Kier molecular flexibility index (Phi) is 7.66. The van der Waals surface area contributed by atoms with E-state index in [1.807, 2.05) is 13.0 Å². The van der Waals surface area contributed by atoms with Crippen LogP contribution in [0.25, 0.3) is 11.3 Å². The standard InChI is InChI=1S/C33H35N3O3/c1-4-22-11-8-12-23(5-2)32(22)29-18-31(39-26-13-14-27(33(34)38)30(37)17-26)28(21(3)35-29)20-36-16-15-24-9-6-7-10-25(24)19-36/h6-14,17-18,37H,4-5,15-16,19-20H2,1-3H3,(H2,34,38). The van der Waals surface area contributed by atoms with Gasteiger partial charge in [0.05, 0.1) is 11.3 Å². The number of primary amides is 1. The van der Waals surface area contributed by atoms with Gasteiger partial charge >= 0.3 is 0 Å². The first-order chi connectivity index (χ1) is 18.9. The second-order valence-electron chi connectivity index (χ2n) is 10.1. The number of nitrogens with two attached hydrogens (primary N) is 1. The summed E-state index contributed by atoms with van der Waals surface area (Å²) in [7, 11) is 0. The Morgan fingerprint density at radius 3 is 2.38 bits per heavy atom. The molecule has 0 saturated carbocycles. The van der Waals surface area contributed by atoms with Crippen molar-refractivity contribution in [2.45, 2.75) is 53.1 Å². The van der Waals surface area contributed by atoms with E-state index in [-0.39, 0.29) is 11.3 Å². The second-order valence-corrected chi connectivity index (χ2v) is 10.1. The highest BCUT2D eigenvalue weighted by Gasteiger charge is 2.22. The Labute approximate surface area is 230 Å². The number of nitrogens with zero attached hydrogens (tertiary/aromatic N) is 2. The van der Waals surface area contributed by atoms with Crippen LogP contribution in [-0.4, -0.2) is 27.4 Å². The predicted octanol–water partition coefficient (Wildman–Crippen LogP) is 6.34. The summed E-state index contributed by atoms with van der Waals surface area (Å²) in [5.74, 6) is 0.231. The summed E-state index contributed by atoms with van der Waals surface area (Å²) in [6.07, 6.45) is 2.80. The predicted molar refractivity (Wildman–Crippen MR) is 154 cm³/mol. The van der Waals surface area contributed by atoms with Crippen LogP contribution in [0.4, 0.5) is 0 Å². The van der Waals surface area contributed by atoms with Gasteiger partial charge in [0.25, 0.3) is 5.91 Å². The van der Waals surface area contributed by atoms with Crippen LogP contribution in [0.1, 0.15) is 57.7 Å². The zero-order valence-corrected chi connectivity index (χ0v) is 22.8. The molecule has 1 aromatic heterocycles. The fraction of sp³-hybridized carbons (Fsp3) is 0.273. The molecule has 0 unspecified atom stereocenters. The summed E-state index contributed by atoms with van der Waals surface area (Å²) in [4.78, 5) is 19.2. The molecule has 1 aliphatic heterocycles. The Morgan fingerprint density at radius 1 is 1.00 bits per heavy atom. The molecule has 0 fully saturated rings. The number of fused-ring (bicyclic) bond motifs is 1. The fourth-order valence-corrected chi connectivity index (χ4v) is 5.48. The number of hydrogen-bond donors (Lipinski definition) is 2. The minimum Gasteiger partial charge on any atom is -0.507 e. The number of amides is 1. The van der Waals surface area contributed by atoms with Crippen LogP contribution in [0.2, 0.25) is 0 Å². The Bertz CT molecular complexity index is 1510. The Balaban J connectivity index is 1.58. The summed E-state index contributed by atoms with van der Waals surface area (Å²) >= 11 is 0. The van der Waals surface area contributed by atoms with Gasteiger partial charge in [-0.1, -0.05) is 56.3 Å². The normalized spacial score (nSPS) is 13.2. The molecule has 5 rings (SSSR count). The summed E-state index contributed by atoms with van der Waals surface area (Å²) in [6.45, 7) is 8.86. The van der Waals surface area contributed by atoms with Crippen molar-refractivity contribution in [1.29, 1.82) is 0 Å². The highest BCUT2D eigenvalue weighted by atomic mass is 16.5. The Hall–Kier alpha value is -4.16. The molecule has 3 aromatic carbocycles. The minimum atomic E-state index is -0.685. The van der Waals surface area contributed by atoms with E-state index in [1.54, 1.807) is 6.07 Å². The van der Waals surface area contributed by atoms with Crippen LogP contribution in [0, 0.1) is 6.92 Å². The van der Waals surface area contributed by atoms with Gasteiger partial charge in [0.2, 0.25) is 0 Å². The van der Waals surface area contributed by atoms with Gasteiger partial charge < -0.3 is 15.6 Å². The lowest BCUT2D eigenvalue weighted by Gasteiger charge is -2.30. The number of benzene rings is 3. The van der Waals surface area contributed by atoms with Crippen LogP contribution in [-0.2, 0) is 32.4 Å². The molecule has 0 bridgehead atoms. The third-order valence-corrected chi connectivity index (χ3v) is 7.60. The molecule has 1 aliphatic rings. The largest absolute Gasteiger partial charge is 0.507 e. The average molecular weight is 522 g/mol. The van der Waals surface area contributed by atoms with E-state index >= 15 is 0 Å². The molecule has 0 saturated heterocycles. The van der Waals surface area contributed by atoms with Crippen LogP contribution in [0.3, 0.4) is 0 Å². The number of rotatable bonds is 8. The van der Waals surface area contributed by atoms with Crippen LogP contribution in [0.15, 0.2) is 66.7 Å². The number of aryl methyl sites for hydroxylation is 3. The van der Waals surface area contributed by atoms with Crippen molar-refractivity contribution in [2.75, 3.05) is 6.54 Å². The molecule has 0 radical (unpaired) electrons. The van der Waals surface area contributed by atoms with E-state index < -0.39 is 5.91 Å². The van der Waals surface area contributed by atoms with E-state index in [4.69, 9.17) is 15.5 Å². The van der Waals surface area contributed by atoms with Crippen molar-refractivity contribution in [1.82, 2.24) is 9.88 Å². The molecule has 2 heterocycles. The monoisotopic (exact) mass is 521 g/mol. The van der Waals surface area contributed by atoms with Crippen LogP contribution < -0.4 is 10.5 Å². The highest BCUT2D eigenvalue weighted by molar-refractivity contribution is 5.95. The van der Waals surface area contributed by atoms with Crippen molar-refractivity contribution in [3.8, 4) is 28.5 Å². The summed E-state index contributed by atoms with van der Waals surface area (Å²) in [6, 6.07) is 21.6. The molecule has 0 atom stereocenters. The van der Waals surface area contributed by atoms with Crippen molar-refractivity contribution >= 4 is 5.91 Å². The number of carbonyl (C=O) groups is 1. The van der Waals surface area contributed by atoms with E-state index in [2.05, 4.69) is 61.2 Å².